The van der Waals surface area contributed by atoms with E-state index in [1.54, 1.807) is 26.0 Å². The molecule has 0 spiro atoms. The van der Waals surface area contributed by atoms with Crippen LogP contribution in [0.3, 0.4) is 0 Å². The lowest BCUT2D eigenvalue weighted by Crippen LogP contribution is -2.22. The van der Waals surface area contributed by atoms with E-state index < -0.39 is 4.92 Å². The maximum atomic E-state index is 10.8. The number of benzene rings is 1. The first-order chi connectivity index (χ1) is 7.90. The number of nitro groups is 1. The van der Waals surface area contributed by atoms with E-state index in [0.717, 1.165) is 5.56 Å². The van der Waals surface area contributed by atoms with Gasteiger partial charge in [0.15, 0.2) is 5.75 Å². The highest BCUT2D eigenvalue weighted by Gasteiger charge is 2.17. The van der Waals surface area contributed by atoms with E-state index in [1.165, 1.54) is 6.07 Å². The van der Waals surface area contributed by atoms with E-state index in [1.807, 2.05) is 0 Å². The zero-order valence-corrected chi connectivity index (χ0v) is 9.77. The van der Waals surface area contributed by atoms with Gasteiger partial charge in [-0.05, 0) is 25.5 Å². The summed E-state index contributed by atoms with van der Waals surface area (Å²) in [6.45, 7) is 3.49. The summed E-state index contributed by atoms with van der Waals surface area (Å²) in [6, 6.07) is 4.75. The van der Waals surface area contributed by atoms with Crippen molar-refractivity contribution in [2.75, 3.05) is 0 Å². The minimum atomic E-state index is -0.483. The van der Waals surface area contributed by atoms with E-state index in [2.05, 4.69) is 0 Å². The SMILES string of the molecule is Cc1ccc(OC(C)CC(=N)N)c([N+](=O)[O-])c1. The number of nitrogens with zero attached hydrogens (tertiary/aromatic N) is 1. The smallest absolute Gasteiger partial charge is 0.311 e. The molecule has 1 unspecified atom stereocenters. The topological polar surface area (TPSA) is 102 Å². The van der Waals surface area contributed by atoms with Crippen LogP contribution in [0.4, 0.5) is 5.69 Å². The lowest BCUT2D eigenvalue weighted by molar-refractivity contribution is -0.386. The highest BCUT2D eigenvalue weighted by molar-refractivity contribution is 5.77. The van der Waals surface area contributed by atoms with Gasteiger partial charge in [0.1, 0.15) is 6.10 Å². The molecule has 1 rings (SSSR count). The average Bonchev–Trinajstić information content (AvgIpc) is 2.19. The molecular weight excluding hydrogens is 222 g/mol. The maximum absolute atomic E-state index is 10.8. The van der Waals surface area contributed by atoms with Crippen LogP contribution >= 0.6 is 0 Å². The Morgan fingerprint density at radius 2 is 2.29 bits per heavy atom. The lowest BCUT2D eigenvalue weighted by atomic mass is 10.2. The summed E-state index contributed by atoms with van der Waals surface area (Å²) in [5.74, 6) is 0.196. The number of nitrogens with two attached hydrogens (primary N) is 1. The zero-order chi connectivity index (χ0) is 13.0. The molecule has 1 atom stereocenters. The summed E-state index contributed by atoms with van der Waals surface area (Å²) in [4.78, 5) is 10.4. The van der Waals surface area contributed by atoms with Gasteiger partial charge in [0, 0.05) is 12.5 Å². The summed E-state index contributed by atoms with van der Waals surface area (Å²) in [5, 5.41) is 18.0. The third-order valence-electron chi connectivity index (χ3n) is 2.15. The van der Waals surface area contributed by atoms with E-state index >= 15 is 0 Å². The molecule has 6 heteroatoms. The number of aryl methyl sites for hydroxylation is 1. The highest BCUT2D eigenvalue weighted by atomic mass is 16.6. The summed E-state index contributed by atoms with van der Waals surface area (Å²) >= 11 is 0. The van der Waals surface area contributed by atoms with Crippen LogP contribution in [0.1, 0.15) is 18.9 Å². The van der Waals surface area contributed by atoms with E-state index in [-0.39, 0.29) is 29.8 Å². The van der Waals surface area contributed by atoms with E-state index in [4.69, 9.17) is 15.9 Å². The van der Waals surface area contributed by atoms with Crippen molar-refractivity contribution in [2.24, 2.45) is 5.73 Å². The minimum absolute atomic E-state index is 0.00716. The fourth-order valence-corrected chi connectivity index (χ4v) is 1.44. The van der Waals surface area contributed by atoms with Crippen LogP contribution in [0.15, 0.2) is 18.2 Å². The molecule has 0 radical (unpaired) electrons. The van der Waals surface area contributed by atoms with Crippen molar-refractivity contribution in [3.05, 3.63) is 33.9 Å². The number of rotatable bonds is 5. The van der Waals surface area contributed by atoms with Gasteiger partial charge in [-0.15, -0.1) is 0 Å². The number of nitrogens with one attached hydrogen (secondary N) is 1. The van der Waals surface area contributed by atoms with Gasteiger partial charge in [0.25, 0.3) is 0 Å². The second-order valence-electron chi connectivity index (χ2n) is 3.89. The van der Waals surface area contributed by atoms with E-state index in [9.17, 15) is 10.1 Å². The fraction of sp³-hybridized carbons (Fsp3) is 0.364. The van der Waals surface area contributed by atoms with Crippen molar-refractivity contribution in [3.63, 3.8) is 0 Å². The average molecular weight is 237 g/mol. The summed E-state index contributed by atoms with van der Waals surface area (Å²) in [5.41, 5.74) is 5.96. The Kier molecular flexibility index (Phi) is 4.03. The van der Waals surface area contributed by atoms with Gasteiger partial charge >= 0.3 is 5.69 Å². The van der Waals surface area contributed by atoms with E-state index in [0.29, 0.717) is 0 Å². The first-order valence-electron chi connectivity index (χ1n) is 5.14. The molecule has 0 saturated carbocycles. The van der Waals surface area contributed by atoms with Crippen LogP contribution in [-0.4, -0.2) is 16.9 Å². The summed E-state index contributed by atoms with van der Waals surface area (Å²) in [6.07, 6.45) is -0.126. The summed E-state index contributed by atoms with van der Waals surface area (Å²) in [7, 11) is 0. The third-order valence-corrected chi connectivity index (χ3v) is 2.15. The molecule has 0 aliphatic rings. The van der Waals surface area contributed by atoms with Crippen LogP contribution in [0.2, 0.25) is 0 Å². The van der Waals surface area contributed by atoms with Gasteiger partial charge in [-0.1, -0.05) is 6.07 Å². The van der Waals surface area contributed by atoms with Crippen molar-refractivity contribution < 1.29 is 9.66 Å². The number of amidine groups is 1. The Morgan fingerprint density at radius 3 is 2.82 bits per heavy atom. The molecule has 0 aliphatic heterocycles. The molecule has 1 aromatic rings. The molecule has 1 aromatic carbocycles. The molecule has 6 nitrogen and oxygen atoms in total. The van der Waals surface area contributed by atoms with Gasteiger partial charge in [-0.3, -0.25) is 15.5 Å². The van der Waals surface area contributed by atoms with Gasteiger partial charge in [0.05, 0.1) is 10.8 Å². The number of nitro benzene ring substituents is 1. The fourth-order valence-electron chi connectivity index (χ4n) is 1.44. The molecule has 17 heavy (non-hydrogen) atoms. The molecule has 0 amide bonds. The Balaban J connectivity index is 2.90. The van der Waals surface area contributed by atoms with Gasteiger partial charge < -0.3 is 10.5 Å². The largest absolute Gasteiger partial charge is 0.483 e. The van der Waals surface area contributed by atoms with Crippen LogP contribution in [-0.2, 0) is 0 Å². The van der Waals surface area contributed by atoms with Gasteiger partial charge in [0.2, 0.25) is 0 Å². The van der Waals surface area contributed by atoms with Crippen LogP contribution < -0.4 is 10.5 Å². The van der Waals surface area contributed by atoms with Crippen molar-refractivity contribution in [1.82, 2.24) is 0 Å². The third kappa shape index (κ3) is 3.75. The predicted octanol–water partition coefficient (Wildman–Crippen LogP) is 2.00. The van der Waals surface area contributed by atoms with Gasteiger partial charge in [-0.2, -0.15) is 0 Å². The normalized spacial score (nSPS) is 11.9. The Hall–Kier alpha value is -2.11. The standard InChI is InChI=1S/C11H15N3O3/c1-7-3-4-10(9(5-7)14(15)16)17-8(2)6-11(12)13/h3-5,8H,6H2,1-2H3,(H3,12,13). The zero-order valence-electron chi connectivity index (χ0n) is 9.77. The van der Waals surface area contributed by atoms with Crippen molar-refractivity contribution >= 4 is 11.5 Å². The second-order valence-corrected chi connectivity index (χ2v) is 3.89. The number of hydrogen-bond donors (Lipinski definition) is 2. The quantitative estimate of drug-likeness (QED) is 0.354. The predicted molar refractivity (Wildman–Crippen MR) is 64.5 cm³/mol. The Bertz CT molecular complexity index is 446. The maximum Gasteiger partial charge on any atom is 0.311 e. The van der Waals surface area contributed by atoms with Crippen molar-refractivity contribution in [3.8, 4) is 5.75 Å². The number of hydrogen-bond acceptors (Lipinski definition) is 4. The van der Waals surface area contributed by atoms with Crippen molar-refractivity contribution in [1.29, 1.82) is 5.41 Å². The molecular formula is C11H15N3O3. The van der Waals surface area contributed by atoms with Crippen LogP contribution in [0.25, 0.3) is 0 Å². The van der Waals surface area contributed by atoms with Gasteiger partial charge in [-0.25, -0.2) is 0 Å². The minimum Gasteiger partial charge on any atom is -0.483 e. The first kappa shape index (κ1) is 13.0. The van der Waals surface area contributed by atoms with Crippen LogP contribution in [0.5, 0.6) is 5.75 Å². The molecule has 92 valence electrons. The highest BCUT2D eigenvalue weighted by Crippen LogP contribution is 2.28. The second kappa shape index (κ2) is 5.29. The first-order valence-corrected chi connectivity index (χ1v) is 5.14. The Labute approximate surface area is 99.0 Å². The molecule has 0 saturated heterocycles. The molecule has 3 N–H and O–H groups in total. The molecule has 0 aliphatic carbocycles. The molecule has 0 aromatic heterocycles. The molecule has 0 fully saturated rings. The molecule has 0 heterocycles. The Morgan fingerprint density at radius 1 is 1.65 bits per heavy atom. The monoisotopic (exact) mass is 237 g/mol. The van der Waals surface area contributed by atoms with Crippen LogP contribution in [0, 0.1) is 22.4 Å². The lowest BCUT2D eigenvalue weighted by Gasteiger charge is -2.14. The number of ether oxygens (including phenoxy) is 1. The molecule has 0 bridgehead atoms. The van der Waals surface area contributed by atoms with Crippen molar-refractivity contribution in [2.45, 2.75) is 26.4 Å². The summed E-state index contributed by atoms with van der Waals surface area (Å²) < 4.78 is 5.41.